The third-order valence-corrected chi connectivity index (χ3v) is 5.10. The Morgan fingerprint density at radius 2 is 2.00 bits per heavy atom. The van der Waals surface area contributed by atoms with Gasteiger partial charge >= 0.3 is 11.6 Å². The Kier molecular flexibility index (Phi) is 7.44. The van der Waals surface area contributed by atoms with E-state index in [0.29, 0.717) is 29.3 Å². The van der Waals surface area contributed by atoms with Crippen molar-refractivity contribution in [3.8, 4) is 11.4 Å². The fraction of sp³-hybridized carbons (Fsp3) is 0.240. The highest BCUT2D eigenvalue weighted by Gasteiger charge is 2.18. The van der Waals surface area contributed by atoms with Crippen LogP contribution in [0.25, 0.3) is 34.6 Å². The number of carbonyl (C=O) groups excluding carboxylic acids is 1. The summed E-state index contributed by atoms with van der Waals surface area (Å²) < 4.78 is 12.6. The molecule has 0 bridgehead atoms. The van der Waals surface area contributed by atoms with Crippen LogP contribution in [0.1, 0.15) is 25.2 Å². The first-order chi connectivity index (χ1) is 15.5. The van der Waals surface area contributed by atoms with Crippen molar-refractivity contribution in [3.05, 3.63) is 77.5 Å². The Labute approximate surface area is 186 Å². The maximum absolute atomic E-state index is 12.9. The lowest BCUT2D eigenvalue weighted by Gasteiger charge is -2.14. The summed E-state index contributed by atoms with van der Waals surface area (Å²) in [5.41, 5.74) is 2.03. The van der Waals surface area contributed by atoms with E-state index >= 15 is 0 Å². The zero-order valence-electron chi connectivity index (χ0n) is 18.4. The molecule has 7 heteroatoms. The van der Waals surface area contributed by atoms with E-state index in [1.165, 1.54) is 0 Å². The minimum absolute atomic E-state index is 0.114. The molecule has 166 valence electrons. The highest BCUT2D eigenvalue weighted by Crippen LogP contribution is 2.25. The van der Waals surface area contributed by atoms with E-state index in [1.54, 1.807) is 18.2 Å². The van der Waals surface area contributed by atoms with Gasteiger partial charge in [-0.3, -0.25) is 0 Å². The van der Waals surface area contributed by atoms with Crippen molar-refractivity contribution in [2.45, 2.75) is 20.4 Å². The molecular weight excluding hydrogens is 406 g/mol. The second-order valence-electron chi connectivity index (χ2n) is 6.96. The summed E-state index contributed by atoms with van der Waals surface area (Å²) in [4.78, 5) is 31.1. The van der Waals surface area contributed by atoms with E-state index in [2.05, 4.69) is 36.9 Å². The van der Waals surface area contributed by atoms with Gasteiger partial charge in [0.2, 0.25) is 0 Å². The standard InChI is InChI=1S/C25H27N3O4/c1-5-18-17-19(25(30)32-22(18)13-14-27(7-3)8-4)24-26-20-11-9-10-12-21(20)28(24)15-16-31-23(29)6-2/h5-6,9-14,17H,1-2,7-8,15-16H2,3-4H3/b14-13+. The Bertz CT molecular complexity index is 1220. The van der Waals surface area contributed by atoms with Crippen LogP contribution in [-0.2, 0) is 16.1 Å². The highest BCUT2D eigenvalue weighted by molar-refractivity contribution is 5.82. The molecule has 1 aromatic carbocycles. The number of hydrogen-bond donors (Lipinski definition) is 0. The van der Waals surface area contributed by atoms with E-state index in [9.17, 15) is 9.59 Å². The molecule has 7 nitrogen and oxygen atoms in total. The normalized spacial score (nSPS) is 11.1. The van der Waals surface area contributed by atoms with Gasteiger partial charge in [-0.2, -0.15) is 0 Å². The number of nitrogens with zero attached hydrogens (tertiary/aromatic N) is 3. The lowest BCUT2D eigenvalue weighted by atomic mass is 10.1. The van der Waals surface area contributed by atoms with Crippen molar-refractivity contribution >= 4 is 29.2 Å². The van der Waals surface area contributed by atoms with Crippen LogP contribution in [0, 0.1) is 0 Å². The second kappa shape index (κ2) is 10.4. The fourth-order valence-electron chi connectivity index (χ4n) is 3.36. The number of benzene rings is 1. The topological polar surface area (TPSA) is 77.6 Å². The van der Waals surface area contributed by atoms with Crippen molar-refractivity contribution in [2.24, 2.45) is 0 Å². The number of imidazole rings is 1. The molecule has 0 aliphatic heterocycles. The van der Waals surface area contributed by atoms with Gasteiger partial charge in [0, 0.05) is 30.9 Å². The zero-order valence-corrected chi connectivity index (χ0v) is 18.4. The number of ether oxygens (including phenoxy) is 1. The highest BCUT2D eigenvalue weighted by atomic mass is 16.5. The molecule has 0 N–H and O–H groups in total. The largest absolute Gasteiger partial charge is 0.461 e. The Morgan fingerprint density at radius 3 is 2.69 bits per heavy atom. The van der Waals surface area contributed by atoms with Crippen molar-refractivity contribution < 1.29 is 13.9 Å². The predicted molar refractivity (Wildman–Crippen MR) is 127 cm³/mol. The average Bonchev–Trinajstić information content (AvgIpc) is 3.18. The summed E-state index contributed by atoms with van der Waals surface area (Å²) in [5.74, 6) is 0.369. The number of aromatic nitrogens is 2. The van der Waals surface area contributed by atoms with Gasteiger partial charge in [0.25, 0.3) is 0 Å². The lowest BCUT2D eigenvalue weighted by Crippen LogP contribution is -2.15. The van der Waals surface area contributed by atoms with E-state index in [1.807, 2.05) is 35.0 Å². The summed E-state index contributed by atoms with van der Waals surface area (Å²) in [7, 11) is 0. The number of esters is 1. The molecule has 0 saturated heterocycles. The molecule has 0 radical (unpaired) electrons. The van der Waals surface area contributed by atoms with Crippen LogP contribution in [0.5, 0.6) is 0 Å². The minimum atomic E-state index is -0.506. The van der Waals surface area contributed by atoms with Gasteiger partial charge in [-0.25, -0.2) is 14.6 Å². The number of carbonyl (C=O) groups is 1. The summed E-state index contributed by atoms with van der Waals surface area (Å²) in [6.45, 7) is 13.5. The molecule has 2 aromatic heterocycles. The van der Waals surface area contributed by atoms with Crippen molar-refractivity contribution in [1.29, 1.82) is 0 Å². The van der Waals surface area contributed by atoms with E-state index in [-0.39, 0.29) is 6.61 Å². The predicted octanol–water partition coefficient (Wildman–Crippen LogP) is 4.34. The van der Waals surface area contributed by atoms with Crippen molar-refractivity contribution in [3.63, 3.8) is 0 Å². The van der Waals surface area contributed by atoms with Gasteiger partial charge in [0.15, 0.2) is 0 Å². The van der Waals surface area contributed by atoms with Crippen LogP contribution in [0.4, 0.5) is 0 Å². The van der Waals surface area contributed by atoms with Crippen LogP contribution in [0.2, 0.25) is 0 Å². The molecule has 0 spiro atoms. The van der Waals surface area contributed by atoms with Crippen molar-refractivity contribution in [2.75, 3.05) is 19.7 Å². The molecule has 0 amide bonds. The first-order valence-electron chi connectivity index (χ1n) is 10.5. The Balaban J connectivity index is 2.07. The fourth-order valence-corrected chi connectivity index (χ4v) is 3.36. The number of para-hydroxylation sites is 2. The SMILES string of the molecule is C=CC(=O)OCCn1c(-c2cc(C=C)c(/C=C/N(CC)CC)oc2=O)nc2ccccc21. The molecule has 0 saturated carbocycles. The molecule has 0 atom stereocenters. The van der Waals surface area contributed by atoms with Crippen LogP contribution >= 0.6 is 0 Å². The van der Waals surface area contributed by atoms with Crippen LogP contribution in [-0.4, -0.2) is 40.1 Å². The third-order valence-electron chi connectivity index (χ3n) is 5.10. The van der Waals surface area contributed by atoms with Gasteiger partial charge in [0.1, 0.15) is 23.8 Å². The zero-order chi connectivity index (χ0) is 23.1. The van der Waals surface area contributed by atoms with Crippen LogP contribution in [0.15, 0.2) is 65.0 Å². The van der Waals surface area contributed by atoms with Gasteiger partial charge in [-0.1, -0.05) is 31.4 Å². The molecule has 3 rings (SSSR count). The molecular formula is C25H27N3O4. The molecule has 0 aliphatic rings. The summed E-state index contributed by atoms with van der Waals surface area (Å²) in [6, 6.07) is 9.26. The van der Waals surface area contributed by atoms with Crippen molar-refractivity contribution in [1.82, 2.24) is 14.5 Å². The first kappa shape index (κ1) is 22.8. The maximum atomic E-state index is 12.9. The molecule has 0 unspecified atom stereocenters. The number of hydrogen-bond acceptors (Lipinski definition) is 6. The average molecular weight is 434 g/mol. The van der Waals surface area contributed by atoms with Gasteiger partial charge in [-0.05, 0) is 38.1 Å². The monoisotopic (exact) mass is 433 g/mol. The van der Waals surface area contributed by atoms with Crippen LogP contribution in [0.3, 0.4) is 0 Å². The maximum Gasteiger partial charge on any atom is 0.347 e. The van der Waals surface area contributed by atoms with Gasteiger partial charge < -0.3 is 18.6 Å². The summed E-state index contributed by atoms with van der Waals surface area (Å²) in [5, 5.41) is 0. The van der Waals surface area contributed by atoms with Gasteiger partial charge in [-0.15, -0.1) is 0 Å². The van der Waals surface area contributed by atoms with E-state index < -0.39 is 11.6 Å². The smallest absolute Gasteiger partial charge is 0.347 e. The number of rotatable bonds is 10. The van der Waals surface area contributed by atoms with E-state index in [4.69, 9.17) is 9.15 Å². The summed E-state index contributed by atoms with van der Waals surface area (Å²) >= 11 is 0. The molecule has 2 heterocycles. The lowest BCUT2D eigenvalue weighted by molar-refractivity contribution is -0.137. The number of fused-ring (bicyclic) bond motifs is 1. The van der Waals surface area contributed by atoms with Gasteiger partial charge in [0.05, 0.1) is 17.6 Å². The molecule has 0 aliphatic carbocycles. The molecule has 32 heavy (non-hydrogen) atoms. The summed E-state index contributed by atoms with van der Waals surface area (Å²) in [6.07, 6.45) is 6.43. The quantitative estimate of drug-likeness (QED) is 0.350. The Hall–Kier alpha value is -3.87. The van der Waals surface area contributed by atoms with E-state index in [0.717, 1.165) is 30.2 Å². The Morgan fingerprint density at radius 1 is 1.25 bits per heavy atom. The first-order valence-corrected chi connectivity index (χ1v) is 10.5. The second-order valence-corrected chi connectivity index (χ2v) is 6.96. The minimum Gasteiger partial charge on any atom is -0.461 e. The van der Waals surface area contributed by atoms with Crippen LogP contribution < -0.4 is 5.63 Å². The molecule has 0 fully saturated rings. The third kappa shape index (κ3) is 4.88. The molecule has 3 aromatic rings.